The highest BCUT2D eigenvalue weighted by Crippen LogP contribution is 2.56. The molecule has 2 aromatic carbocycles. The van der Waals surface area contributed by atoms with Gasteiger partial charge in [-0.25, -0.2) is 0 Å². The molecule has 0 aliphatic rings. The van der Waals surface area contributed by atoms with Gasteiger partial charge in [-0.15, -0.1) is 13.2 Å². The van der Waals surface area contributed by atoms with Crippen molar-refractivity contribution in [2.45, 2.75) is 24.0 Å². The van der Waals surface area contributed by atoms with Crippen molar-refractivity contribution in [1.29, 1.82) is 0 Å². The molecular weight excluding hydrogens is 372 g/mol. The van der Waals surface area contributed by atoms with Crippen molar-refractivity contribution in [3.8, 4) is 0 Å². The molecule has 4 N–H and O–H groups in total. The molecule has 2 aromatic rings. The second kappa shape index (κ2) is 8.43. The van der Waals surface area contributed by atoms with Gasteiger partial charge >= 0.3 is 11.9 Å². The van der Waals surface area contributed by atoms with E-state index in [0.29, 0.717) is 0 Å². The first-order valence-corrected chi connectivity index (χ1v) is 8.96. The summed E-state index contributed by atoms with van der Waals surface area (Å²) >= 11 is 0. The van der Waals surface area contributed by atoms with Gasteiger partial charge in [0.1, 0.15) is 11.2 Å². The molecule has 0 aromatic heterocycles. The zero-order valence-corrected chi connectivity index (χ0v) is 15.9. The fraction of sp³-hybridized carbons (Fsp3) is 0.217. The summed E-state index contributed by atoms with van der Waals surface area (Å²) in [6, 6.07) is 15.2. The Balaban J connectivity index is 3.03. The van der Waals surface area contributed by atoms with Crippen LogP contribution >= 0.6 is 0 Å². The van der Waals surface area contributed by atoms with Gasteiger partial charge in [-0.2, -0.15) is 0 Å². The molecule has 152 valence electrons. The lowest BCUT2D eigenvalue weighted by molar-refractivity contribution is -0.229. The topological polar surface area (TPSA) is 115 Å². The summed E-state index contributed by atoms with van der Waals surface area (Å²) in [6.45, 7) is 7.11. The normalized spacial score (nSPS) is 15.5. The Morgan fingerprint density at radius 3 is 1.28 bits per heavy atom. The summed E-state index contributed by atoms with van der Waals surface area (Å²) in [4.78, 5) is 25.4. The van der Waals surface area contributed by atoms with Gasteiger partial charge in [0.2, 0.25) is 5.41 Å². The average molecular weight is 396 g/mol. The first kappa shape index (κ1) is 22.1. The number of aliphatic carboxylic acids is 2. The maximum Gasteiger partial charge on any atom is 0.327 e. The number of carboxylic acids is 2. The van der Waals surface area contributed by atoms with Crippen LogP contribution in [0.2, 0.25) is 0 Å². The number of hydrogen-bond acceptors (Lipinski definition) is 4. The first-order chi connectivity index (χ1) is 13.7. The standard InChI is InChI=1S/C23H24O6/c1-3-15-21(28,17-11-7-5-8-12-17)23(19(24)25,20(26)27)22(29,16-4-2)18-13-9-6-10-14-18/h3-14,28-29H,1-2,15-16H2,(H,24,25)(H,26,27). The Bertz CT molecular complexity index is 817. The summed E-state index contributed by atoms with van der Waals surface area (Å²) < 4.78 is 0. The fourth-order valence-corrected chi connectivity index (χ4v) is 3.96. The minimum atomic E-state index is -3.08. The summed E-state index contributed by atoms with van der Waals surface area (Å²) in [5.74, 6) is -3.77. The Morgan fingerprint density at radius 2 is 1.03 bits per heavy atom. The lowest BCUT2D eigenvalue weighted by atomic mass is 9.55. The van der Waals surface area contributed by atoms with Crippen LogP contribution < -0.4 is 0 Å². The van der Waals surface area contributed by atoms with E-state index in [4.69, 9.17) is 0 Å². The van der Waals surface area contributed by atoms with Gasteiger partial charge < -0.3 is 20.4 Å². The minimum absolute atomic E-state index is 0.0307. The van der Waals surface area contributed by atoms with E-state index in [1.54, 1.807) is 36.4 Å². The monoisotopic (exact) mass is 396 g/mol. The van der Waals surface area contributed by atoms with Crippen LogP contribution in [0.5, 0.6) is 0 Å². The molecule has 0 fully saturated rings. The number of carboxylic acid groups (broad SMARTS) is 2. The van der Waals surface area contributed by atoms with E-state index in [0.717, 1.165) is 0 Å². The number of carbonyl (C=O) groups is 2. The van der Waals surface area contributed by atoms with Crippen LogP contribution in [-0.2, 0) is 20.8 Å². The predicted octanol–water partition coefficient (Wildman–Crippen LogP) is 3.07. The molecule has 2 atom stereocenters. The van der Waals surface area contributed by atoms with Gasteiger partial charge in [-0.3, -0.25) is 9.59 Å². The van der Waals surface area contributed by atoms with E-state index < -0.39 is 41.4 Å². The first-order valence-electron chi connectivity index (χ1n) is 8.96. The Morgan fingerprint density at radius 1 is 0.724 bits per heavy atom. The lowest BCUT2D eigenvalue weighted by Crippen LogP contribution is -2.67. The maximum atomic E-state index is 12.7. The Hall–Kier alpha value is -3.22. The molecule has 2 unspecified atom stereocenters. The molecule has 6 nitrogen and oxygen atoms in total. The van der Waals surface area contributed by atoms with Crippen LogP contribution in [0.1, 0.15) is 24.0 Å². The third kappa shape index (κ3) is 3.26. The van der Waals surface area contributed by atoms with Crippen LogP contribution in [-0.4, -0.2) is 32.4 Å². The molecule has 0 saturated heterocycles. The van der Waals surface area contributed by atoms with Crippen LogP contribution in [0, 0.1) is 5.41 Å². The molecule has 0 amide bonds. The van der Waals surface area contributed by atoms with Gasteiger partial charge in [-0.1, -0.05) is 72.8 Å². The molecule has 29 heavy (non-hydrogen) atoms. The van der Waals surface area contributed by atoms with Crippen molar-refractivity contribution < 1.29 is 30.0 Å². The molecule has 0 spiro atoms. The highest BCUT2D eigenvalue weighted by Gasteiger charge is 2.73. The summed E-state index contributed by atoms with van der Waals surface area (Å²) in [7, 11) is 0. The van der Waals surface area contributed by atoms with E-state index in [1.165, 1.54) is 36.4 Å². The Labute approximate surface area is 169 Å². The van der Waals surface area contributed by atoms with Crippen LogP contribution in [0.25, 0.3) is 0 Å². The highest BCUT2D eigenvalue weighted by molar-refractivity contribution is 6.02. The molecule has 0 radical (unpaired) electrons. The second-order valence-electron chi connectivity index (χ2n) is 6.80. The molecule has 0 aliphatic carbocycles. The maximum absolute atomic E-state index is 12.7. The SMILES string of the molecule is C=CCC(O)(c1ccccc1)C(C(=O)O)(C(=O)O)C(O)(CC=C)c1ccccc1. The highest BCUT2D eigenvalue weighted by atomic mass is 16.4. The third-order valence-electron chi connectivity index (χ3n) is 5.26. The summed E-state index contributed by atoms with van der Waals surface area (Å²) in [5.41, 5.74) is -8.07. The number of benzene rings is 2. The number of rotatable bonds is 10. The molecule has 0 heterocycles. The van der Waals surface area contributed by atoms with Crippen LogP contribution in [0.15, 0.2) is 86.0 Å². The van der Waals surface area contributed by atoms with Gasteiger partial charge in [0.15, 0.2) is 0 Å². The number of aliphatic hydroxyl groups is 2. The third-order valence-corrected chi connectivity index (χ3v) is 5.26. The largest absolute Gasteiger partial charge is 0.480 e. The molecule has 6 heteroatoms. The van der Waals surface area contributed by atoms with Crippen molar-refractivity contribution in [1.82, 2.24) is 0 Å². The number of hydrogen-bond donors (Lipinski definition) is 4. The minimum Gasteiger partial charge on any atom is -0.480 e. The van der Waals surface area contributed by atoms with Crippen molar-refractivity contribution in [2.24, 2.45) is 5.41 Å². The van der Waals surface area contributed by atoms with Crippen molar-refractivity contribution in [3.05, 3.63) is 97.1 Å². The zero-order valence-electron chi connectivity index (χ0n) is 15.9. The van der Waals surface area contributed by atoms with E-state index >= 15 is 0 Å². The molecule has 0 saturated carbocycles. The second-order valence-corrected chi connectivity index (χ2v) is 6.80. The lowest BCUT2D eigenvalue weighted by Gasteiger charge is -2.50. The zero-order chi connectivity index (χ0) is 21.7. The van der Waals surface area contributed by atoms with Gasteiger partial charge in [0.05, 0.1) is 0 Å². The van der Waals surface area contributed by atoms with E-state index in [-0.39, 0.29) is 11.1 Å². The molecule has 0 bridgehead atoms. The quantitative estimate of drug-likeness (QED) is 0.362. The molecule has 0 aliphatic heterocycles. The van der Waals surface area contributed by atoms with Crippen LogP contribution in [0.3, 0.4) is 0 Å². The molecular formula is C23H24O6. The predicted molar refractivity (Wildman–Crippen MR) is 108 cm³/mol. The van der Waals surface area contributed by atoms with Crippen LogP contribution in [0.4, 0.5) is 0 Å². The van der Waals surface area contributed by atoms with E-state index in [2.05, 4.69) is 13.2 Å². The van der Waals surface area contributed by atoms with Gasteiger partial charge in [0, 0.05) is 0 Å². The van der Waals surface area contributed by atoms with E-state index in [1.807, 2.05) is 0 Å². The molecule has 2 rings (SSSR count). The van der Waals surface area contributed by atoms with Crippen molar-refractivity contribution >= 4 is 11.9 Å². The van der Waals surface area contributed by atoms with Gasteiger partial charge in [-0.05, 0) is 24.0 Å². The van der Waals surface area contributed by atoms with Crippen molar-refractivity contribution in [2.75, 3.05) is 0 Å². The summed E-state index contributed by atoms with van der Waals surface area (Å²) in [5, 5.41) is 44.0. The summed E-state index contributed by atoms with van der Waals surface area (Å²) in [6.07, 6.45) is 1.60. The van der Waals surface area contributed by atoms with E-state index in [9.17, 15) is 30.0 Å². The van der Waals surface area contributed by atoms with Crippen molar-refractivity contribution in [3.63, 3.8) is 0 Å². The smallest absolute Gasteiger partial charge is 0.327 e. The fourth-order valence-electron chi connectivity index (χ4n) is 3.96. The van der Waals surface area contributed by atoms with Gasteiger partial charge in [0.25, 0.3) is 0 Å². The Kier molecular flexibility index (Phi) is 6.41. The average Bonchev–Trinajstić information content (AvgIpc) is 2.69.